The Balaban J connectivity index is 1.90. The highest BCUT2D eigenvalue weighted by molar-refractivity contribution is 9.10. The molecule has 1 heterocycles. The number of hydrogen-bond acceptors (Lipinski definition) is 2. The first kappa shape index (κ1) is 13.8. The Morgan fingerprint density at radius 1 is 1.56 bits per heavy atom. The molecule has 1 atom stereocenters. The van der Waals surface area contributed by atoms with E-state index in [1.807, 2.05) is 25.2 Å². The van der Waals surface area contributed by atoms with Gasteiger partial charge in [0.05, 0.1) is 0 Å². The van der Waals surface area contributed by atoms with Crippen molar-refractivity contribution in [2.45, 2.75) is 25.4 Å². The van der Waals surface area contributed by atoms with Gasteiger partial charge in [-0.05, 0) is 24.1 Å². The Morgan fingerprint density at radius 2 is 2.33 bits per heavy atom. The van der Waals surface area contributed by atoms with Gasteiger partial charge in [0.2, 0.25) is 5.91 Å². The van der Waals surface area contributed by atoms with Gasteiger partial charge in [-0.3, -0.25) is 4.79 Å². The second kappa shape index (κ2) is 6.04. The van der Waals surface area contributed by atoms with E-state index in [0.29, 0.717) is 12.5 Å². The van der Waals surface area contributed by atoms with E-state index in [-0.39, 0.29) is 5.91 Å². The lowest BCUT2D eigenvalue weighted by atomic mass is 10.1. The molecule has 98 valence electrons. The number of halogens is 2. The number of rotatable bonds is 3. The van der Waals surface area contributed by atoms with Gasteiger partial charge in [0.25, 0.3) is 0 Å². The van der Waals surface area contributed by atoms with Crippen molar-refractivity contribution in [1.29, 1.82) is 0 Å². The SMILES string of the molecule is CN1CC(NCc2ccc(Cl)cc2Br)CCC1=O. The van der Waals surface area contributed by atoms with Crippen molar-refractivity contribution in [2.75, 3.05) is 13.6 Å². The van der Waals surface area contributed by atoms with Crippen molar-refractivity contribution in [3.8, 4) is 0 Å². The standard InChI is InChI=1S/C13H16BrClN2O/c1-17-8-11(4-5-13(17)18)16-7-9-2-3-10(15)6-12(9)14/h2-3,6,11,16H,4-5,7-8H2,1H3. The van der Waals surface area contributed by atoms with Crippen molar-refractivity contribution < 1.29 is 4.79 Å². The highest BCUT2D eigenvalue weighted by Crippen LogP contribution is 2.21. The van der Waals surface area contributed by atoms with E-state index in [2.05, 4.69) is 21.2 Å². The van der Waals surface area contributed by atoms with Gasteiger partial charge in [0.1, 0.15) is 0 Å². The first-order chi connectivity index (χ1) is 8.56. The van der Waals surface area contributed by atoms with Gasteiger partial charge >= 0.3 is 0 Å². The minimum absolute atomic E-state index is 0.237. The van der Waals surface area contributed by atoms with Crippen LogP contribution in [0.2, 0.25) is 5.02 Å². The number of likely N-dealkylation sites (tertiary alicyclic amines) is 1. The molecular weight excluding hydrogens is 316 g/mol. The number of piperidine rings is 1. The molecule has 18 heavy (non-hydrogen) atoms. The lowest BCUT2D eigenvalue weighted by Gasteiger charge is -2.30. The van der Waals surface area contributed by atoms with Crippen LogP contribution in [0.1, 0.15) is 18.4 Å². The van der Waals surface area contributed by atoms with E-state index in [4.69, 9.17) is 11.6 Å². The van der Waals surface area contributed by atoms with Crippen LogP contribution in [0.4, 0.5) is 0 Å². The summed E-state index contributed by atoms with van der Waals surface area (Å²) < 4.78 is 1.02. The van der Waals surface area contributed by atoms with Gasteiger partial charge in [-0.15, -0.1) is 0 Å². The van der Waals surface area contributed by atoms with E-state index in [1.54, 1.807) is 4.90 Å². The smallest absolute Gasteiger partial charge is 0.222 e. The Morgan fingerprint density at radius 3 is 3.00 bits per heavy atom. The quantitative estimate of drug-likeness (QED) is 0.924. The monoisotopic (exact) mass is 330 g/mol. The molecule has 1 aromatic carbocycles. The van der Waals surface area contributed by atoms with Crippen molar-refractivity contribution in [1.82, 2.24) is 10.2 Å². The number of nitrogens with zero attached hydrogens (tertiary/aromatic N) is 1. The third-order valence-corrected chi connectivity index (χ3v) is 4.20. The van der Waals surface area contributed by atoms with E-state index in [0.717, 1.165) is 29.0 Å². The minimum Gasteiger partial charge on any atom is -0.344 e. The minimum atomic E-state index is 0.237. The number of amides is 1. The third kappa shape index (κ3) is 3.46. The normalized spacial score (nSPS) is 20.3. The van der Waals surface area contributed by atoms with Gasteiger partial charge in [-0.1, -0.05) is 33.6 Å². The maximum absolute atomic E-state index is 11.4. The van der Waals surface area contributed by atoms with Gasteiger partial charge in [0.15, 0.2) is 0 Å². The number of nitrogens with one attached hydrogen (secondary N) is 1. The fraction of sp³-hybridized carbons (Fsp3) is 0.462. The first-order valence-electron chi connectivity index (χ1n) is 5.97. The molecular formula is C13H16BrClN2O. The van der Waals surface area contributed by atoms with Crippen molar-refractivity contribution in [2.24, 2.45) is 0 Å². The molecule has 1 unspecified atom stereocenters. The zero-order chi connectivity index (χ0) is 13.1. The number of benzene rings is 1. The predicted molar refractivity (Wildman–Crippen MR) is 76.7 cm³/mol. The fourth-order valence-corrected chi connectivity index (χ4v) is 2.92. The number of likely N-dealkylation sites (N-methyl/N-ethyl adjacent to an activating group) is 1. The molecule has 1 saturated heterocycles. The highest BCUT2D eigenvalue weighted by atomic mass is 79.9. The summed E-state index contributed by atoms with van der Waals surface area (Å²) in [6.45, 7) is 1.56. The first-order valence-corrected chi connectivity index (χ1v) is 7.14. The van der Waals surface area contributed by atoms with Gasteiger partial charge in [-0.25, -0.2) is 0 Å². The fourth-order valence-electron chi connectivity index (χ4n) is 2.10. The molecule has 1 aliphatic rings. The molecule has 3 nitrogen and oxygen atoms in total. The van der Waals surface area contributed by atoms with E-state index in [1.165, 1.54) is 5.56 Å². The molecule has 1 amide bonds. The van der Waals surface area contributed by atoms with E-state index < -0.39 is 0 Å². The topological polar surface area (TPSA) is 32.3 Å². The number of hydrogen-bond donors (Lipinski definition) is 1. The van der Waals surface area contributed by atoms with Crippen LogP contribution in [0.3, 0.4) is 0 Å². The Labute approximate surface area is 121 Å². The van der Waals surface area contributed by atoms with E-state index in [9.17, 15) is 4.79 Å². The highest BCUT2D eigenvalue weighted by Gasteiger charge is 2.22. The summed E-state index contributed by atoms with van der Waals surface area (Å²) in [7, 11) is 1.86. The summed E-state index contributed by atoms with van der Waals surface area (Å²) in [5.74, 6) is 0.237. The lowest BCUT2D eigenvalue weighted by molar-refractivity contribution is -0.132. The van der Waals surface area contributed by atoms with E-state index >= 15 is 0 Å². The summed E-state index contributed by atoms with van der Waals surface area (Å²) in [5, 5.41) is 4.21. The molecule has 1 aliphatic heterocycles. The molecule has 0 aromatic heterocycles. The van der Waals surface area contributed by atoms with Crippen molar-refractivity contribution >= 4 is 33.4 Å². The second-order valence-corrected chi connectivity index (χ2v) is 5.92. The number of carbonyl (C=O) groups is 1. The molecule has 1 fully saturated rings. The van der Waals surface area contributed by atoms with Crippen LogP contribution < -0.4 is 5.32 Å². The van der Waals surface area contributed by atoms with Crippen molar-refractivity contribution in [3.05, 3.63) is 33.3 Å². The third-order valence-electron chi connectivity index (χ3n) is 3.22. The van der Waals surface area contributed by atoms with Gasteiger partial charge in [-0.2, -0.15) is 0 Å². The lowest BCUT2D eigenvalue weighted by Crippen LogP contribution is -2.46. The summed E-state index contributed by atoms with van der Waals surface area (Å²) in [6, 6.07) is 6.17. The van der Waals surface area contributed by atoms with Gasteiger partial charge in [0, 0.05) is 42.1 Å². The molecule has 0 radical (unpaired) electrons. The van der Waals surface area contributed by atoms with Crippen LogP contribution in [0.15, 0.2) is 22.7 Å². The van der Waals surface area contributed by atoms with Crippen LogP contribution in [0.5, 0.6) is 0 Å². The molecule has 0 bridgehead atoms. The molecule has 0 spiro atoms. The summed E-state index contributed by atoms with van der Waals surface area (Å²) in [6.07, 6.45) is 1.55. The molecule has 0 aliphatic carbocycles. The second-order valence-electron chi connectivity index (χ2n) is 4.63. The van der Waals surface area contributed by atoms with Crippen LogP contribution >= 0.6 is 27.5 Å². The summed E-state index contributed by atoms with van der Waals surface area (Å²) >= 11 is 9.41. The van der Waals surface area contributed by atoms with Gasteiger partial charge < -0.3 is 10.2 Å². The number of carbonyl (C=O) groups excluding carboxylic acids is 1. The van der Waals surface area contributed by atoms with Crippen molar-refractivity contribution in [3.63, 3.8) is 0 Å². The Kier molecular flexibility index (Phi) is 4.65. The maximum atomic E-state index is 11.4. The summed E-state index contributed by atoms with van der Waals surface area (Å²) in [5.41, 5.74) is 1.18. The average molecular weight is 332 g/mol. The zero-order valence-electron chi connectivity index (χ0n) is 10.2. The average Bonchev–Trinajstić information content (AvgIpc) is 2.32. The maximum Gasteiger partial charge on any atom is 0.222 e. The van der Waals surface area contributed by atoms with Crippen LogP contribution in [0.25, 0.3) is 0 Å². The van der Waals surface area contributed by atoms with Crippen LogP contribution in [-0.2, 0) is 11.3 Å². The molecule has 1 aromatic rings. The largest absolute Gasteiger partial charge is 0.344 e. The molecule has 2 rings (SSSR count). The molecule has 5 heteroatoms. The molecule has 1 N–H and O–H groups in total. The Bertz CT molecular complexity index is 453. The zero-order valence-corrected chi connectivity index (χ0v) is 12.6. The Hall–Kier alpha value is -0.580. The van der Waals surface area contributed by atoms with Crippen LogP contribution in [-0.4, -0.2) is 30.4 Å². The van der Waals surface area contributed by atoms with Crippen LogP contribution in [0, 0.1) is 0 Å². The molecule has 0 saturated carbocycles. The summed E-state index contributed by atoms with van der Waals surface area (Å²) in [4.78, 5) is 13.2. The predicted octanol–water partition coefficient (Wildman–Crippen LogP) is 2.81.